The van der Waals surface area contributed by atoms with E-state index in [1.54, 1.807) is 0 Å². The van der Waals surface area contributed by atoms with Gasteiger partial charge in [0.25, 0.3) is 0 Å². The zero-order valence-corrected chi connectivity index (χ0v) is 9.77. The summed E-state index contributed by atoms with van der Waals surface area (Å²) < 4.78 is 2.23. The normalized spacial score (nSPS) is 19.3. The van der Waals surface area contributed by atoms with Crippen molar-refractivity contribution >= 4 is 0 Å². The van der Waals surface area contributed by atoms with Gasteiger partial charge in [-0.3, -0.25) is 4.90 Å². The van der Waals surface area contributed by atoms with E-state index in [4.69, 9.17) is 5.73 Å². The van der Waals surface area contributed by atoms with Crippen molar-refractivity contribution in [3.05, 3.63) is 17.7 Å². The standard InChI is InChI=1S/C11H20N4/c1-8(2)14-4-5-15-7-13-11(9(3)12)10(15)6-14/h7-9H,4-6,12H2,1-3H3. The minimum atomic E-state index is 0.0355. The van der Waals surface area contributed by atoms with E-state index in [0.29, 0.717) is 6.04 Å². The van der Waals surface area contributed by atoms with E-state index in [2.05, 4.69) is 28.3 Å². The summed E-state index contributed by atoms with van der Waals surface area (Å²) in [6, 6.07) is 0.628. The molecule has 1 aliphatic rings. The van der Waals surface area contributed by atoms with Crippen LogP contribution in [0.2, 0.25) is 0 Å². The van der Waals surface area contributed by atoms with Crippen molar-refractivity contribution in [1.29, 1.82) is 0 Å². The summed E-state index contributed by atoms with van der Waals surface area (Å²) in [5.41, 5.74) is 8.26. The maximum absolute atomic E-state index is 5.91. The van der Waals surface area contributed by atoms with Gasteiger partial charge in [0.1, 0.15) is 0 Å². The molecule has 2 N–H and O–H groups in total. The van der Waals surface area contributed by atoms with Gasteiger partial charge in [-0.25, -0.2) is 4.98 Å². The highest BCUT2D eigenvalue weighted by atomic mass is 15.2. The Hall–Kier alpha value is -0.870. The molecule has 2 heterocycles. The van der Waals surface area contributed by atoms with Gasteiger partial charge in [-0.15, -0.1) is 0 Å². The van der Waals surface area contributed by atoms with Crippen LogP contribution in [-0.4, -0.2) is 27.0 Å². The van der Waals surface area contributed by atoms with Crippen LogP contribution in [0.25, 0.3) is 0 Å². The number of hydrogen-bond acceptors (Lipinski definition) is 3. The van der Waals surface area contributed by atoms with E-state index in [9.17, 15) is 0 Å². The number of aromatic nitrogens is 2. The van der Waals surface area contributed by atoms with Crippen molar-refractivity contribution in [3.8, 4) is 0 Å². The molecular weight excluding hydrogens is 188 g/mol. The predicted molar refractivity (Wildman–Crippen MR) is 60.4 cm³/mol. The van der Waals surface area contributed by atoms with Gasteiger partial charge in [0.05, 0.1) is 17.7 Å². The first-order valence-corrected chi connectivity index (χ1v) is 5.63. The van der Waals surface area contributed by atoms with Crippen molar-refractivity contribution in [2.24, 2.45) is 5.73 Å². The molecule has 0 saturated heterocycles. The Bertz CT molecular complexity index is 340. The molecule has 0 spiro atoms. The molecule has 0 bridgehead atoms. The molecule has 1 aliphatic heterocycles. The molecule has 2 rings (SSSR count). The molecule has 1 unspecified atom stereocenters. The number of fused-ring (bicyclic) bond motifs is 1. The van der Waals surface area contributed by atoms with Crippen LogP contribution in [0.5, 0.6) is 0 Å². The number of hydrogen-bond donors (Lipinski definition) is 1. The Morgan fingerprint density at radius 2 is 2.07 bits per heavy atom. The predicted octanol–water partition coefficient (Wildman–Crippen LogP) is 1.13. The number of rotatable bonds is 2. The van der Waals surface area contributed by atoms with E-state index in [1.165, 1.54) is 5.69 Å². The van der Waals surface area contributed by atoms with Gasteiger partial charge in [0, 0.05) is 31.7 Å². The van der Waals surface area contributed by atoms with Crippen LogP contribution in [-0.2, 0) is 13.1 Å². The maximum atomic E-state index is 5.91. The summed E-state index contributed by atoms with van der Waals surface area (Å²) in [5.74, 6) is 0. The molecule has 1 atom stereocenters. The highest BCUT2D eigenvalue weighted by Gasteiger charge is 2.22. The fourth-order valence-corrected chi connectivity index (χ4v) is 2.12. The van der Waals surface area contributed by atoms with E-state index >= 15 is 0 Å². The van der Waals surface area contributed by atoms with Crippen LogP contribution in [0.4, 0.5) is 0 Å². The van der Waals surface area contributed by atoms with E-state index in [0.717, 1.165) is 25.3 Å². The molecule has 0 aliphatic carbocycles. The van der Waals surface area contributed by atoms with Crippen molar-refractivity contribution < 1.29 is 0 Å². The second kappa shape index (κ2) is 3.94. The molecule has 0 aromatic carbocycles. The average molecular weight is 208 g/mol. The quantitative estimate of drug-likeness (QED) is 0.792. The lowest BCUT2D eigenvalue weighted by Crippen LogP contribution is -2.38. The molecule has 0 amide bonds. The lowest BCUT2D eigenvalue weighted by molar-refractivity contribution is 0.176. The molecule has 1 aromatic heterocycles. The van der Waals surface area contributed by atoms with E-state index < -0.39 is 0 Å². The molecule has 0 radical (unpaired) electrons. The Morgan fingerprint density at radius 1 is 1.33 bits per heavy atom. The van der Waals surface area contributed by atoms with Gasteiger partial charge in [0.2, 0.25) is 0 Å². The summed E-state index contributed by atoms with van der Waals surface area (Å²) in [5, 5.41) is 0. The second-order valence-electron chi connectivity index (χ2n) is 4.62. The maximum Gasteiger partial charge on any atom is 0.0953 e. The number of nitrogens with zero attached hydrogens (tertiary/aromatic N) is 3. The van der Waals surface area contributed by atoms with Crippen LogP contribution in [0.15, 0.2) is 6.33 Å². The minimum Gasteiger partial charge on any atom is -0.332 e. The molecule has 4 heteroatoms. The Morgan fingerprint density at radius 3 is 2.67 bits per heavy atom. The third-order valence-corrected chi connectivity index (χ3v) is 3.12. The third kappa shape index (κ3) is 1.92. The molecular formula is C11H20N4. The minimum absolute atomic E-state index is 0.0355. The van der Waals surface area contributed by atoms with Crippen molar-refractivity contribution in [1.82, 2.24) is 14.5 Å². The fraction of sp³-hybridized carbons (Fsp3) is 0.727. The average Bonchev–Trinajstić information content (AvgIpc) is 2.59. The Labute approximate surface area is 91.1 Å². The number of imidazole rings is 1. The van der Waals surface area contributed by atoms with Gasteiger partial charge < -0.3 is 10.3 Å². The smallest absolute Gasteiger partial charge is 0.0953 e. The Balaban J connectivity index is 2.26. The van der Waals surface area contributed by atoms with Crippen LogP contribution < -0.4 is 5.73 Å². The summed E-state index contributed by atoms with van der Waals surface area (Å²) >= 11 is 0. The van der Waals surface area contributed by atoms with Crippen molar-refractivity contribution in [3.63, 3.8) is 0 Å². The summed E-state index contributed by atoms with van der Waals surface area (Å²) in [6.07, 6.45) is 1.92. The molecule has 15 heavy (non-hydrogen) atoms. The van der Waals surface area contributed by atoms with Crippen LogP contribution in [0.3, 0.4) is 0 Å². The monoisotopic (exact) mass is 208 g/mol. The van der Waals surface area contributed by atoms with Crippen molar-refractivity contribution in [2.45, 2.75) is 45.9 Å². The zero-order valence-electron chi connectivity index (χ0n) is 9.77. The largest absolute Gasteiger partial charge is 0.332 e. The topological polar surface area (TPSA) is 47.1 Å². The molecule has 0 saturated carbocycles. The summed E-state index contributed by atoms with van der Waals surface area (Å²) in [4.78, 5) is 6.86. The summed E-state index contributed by atoms with van der Waals surface area (Å²) in [6.45, 7) is 9.59. The Kier molecular flexibility index (Phi) is 2.80. The lowest BCUT2D eigenvalue weighted by Gasteiger charge is -2.32. The molecule has 84 valence electrons. The first-order chi connectivity index (χ1) is 7.09. The number of nitrogens with two attached hydrogens (primary N) is 1. The molecule has 0 fully saturated rings. The van der Waals surface area contributed by atoms with E-state index in [-0.39, 0.29) is 6.04 Å². The summed E-state index contributed by atoms with van der Waals surface area (Å²) in [7, 11) is 0. The SMILES string of the molecule is CC(N)c1ncn2c1CN(C(C)C)CC2. The van der Waals surface area contributed by atoms with Gasteiger partial charge in [0.15, 0.2) is 0 Å². The van der Waals surface area contributed by atoms with Crippen molar-refractivity contribution in [2.75, 3.05) is 6.54 Å². The zero-order chi connectivity index (χ0) is 11.0. The van der Waals surface area contributed by atoms with Crippen LogP contribution in [0.1, 0.15) is 38.2 Å². The first kappa shape index (κ1) is 10.6. The first-order valence-electron chi connectivity index (χ1n) is 5.63. The molecule has 4 nitrogen and oxygen atoms in total. The molecule has 1 aromatic rings. The van der Waals surface area contributed by atoms with E-state index in [1.807, 2.05) is 13.3 Å². The van der Waals surface area contributed by atoms with Gasteiger partial charge in [-0.1, -0.05) is 0 Å². The fourth-order valence-electron chi connectivity index (χ4n) is 2.12. The van der Waals surface area contributed by atoms with Crippen LogP contribution in [0, 0.1) is 0 Å². The van der Waals surface area contributed by atoms with Gasteiger partial charge >= 0.3 is 0 Å². The second-order valence-corrected chi connectivity index (χ2v) is 4.62. The third-order valence-electron chi connectivity index (χ3n) is 3.12. The highest BCUT2D eigenvalue weighted by Crippen LogP contribution is 2.21. The highest BCUT2D eigenvalue weighted by molar-refractivity contribution is 5.18. The lowest BCUT2D eigenvalue weighted by atomic mass is 10.1. The van der Waals surface area contributed by atoms with Gasteiger partial charge in [-0.05, 0) is 20.8 Å². The van der Waals surface area contributed by atoms with Gasteiger partial charge in [-0.2, -0.15) is 0 Å². The van der Waals surface area contributed by atoms with Crippen LogP contribution >= 0.6 is 0 Å².